The van der Waals surface area contributed by atoms with Gasteiger partial charge < -0.3 is 20.9 Å². The minimum Gasteiger partial charge on any atom is -0.380 e. The maximum absolute atomic E-state index is 5.93. The van der Waals surface area contributed by atoms with Gasteiger partial charge in [0.05, 0.1) is 0 Å². The van der Waals surface area contributed by atoms with Gasteiger partial charge in [-0.3, -0.25) is 0 Å². The average molecular weight is 505 g/mol. The van der Waals surface area contributed by atoms with E-state index in [0.717, 1.165) is 36.5 Å². The lowest BCUT2D eigenvalue weighted by Gasteiger charge is -2.42. The molecule has 2 aliphatic rings. The van der Waals surface area contributed by atoms with Crippen LogP contribution in [0.5, 0.6) is 0 Å². The minimum atomic E-state index is 0.230. The third kappa shape index (κ3) is 4.68. The van der Waals surface area contributed by atoms with Gasteiger partial charge >= 0.3 is 0 Å². The molecular weight excluding hydrogens is 464 g/mol. The van der Waals surface area contributed by atoms with Gasteiger partial charge in [0.2, 0.25) is 0 Å². The van der Waals surface area contributed by atoms with Crippen molar-refractivity contribution in [2.75, 3.05) is 19.6 Å². The van der Waals surface area contributed by atoms with E-state index in [9.17, 15) is 0 Å². The van der Waals surface area contributed by atoms with Crippen LogP contribution in [0.3, 0.4) is 0 Å². The molecule has 0 amide bonds. The van der Waals surface area contributed by atoms with Gasteiger partial charge in [-0.25, -0.2) is 0 Å². The lowest BCUT2D eigenvalue weighted by atomic mass is 9.73. The molecule has 4 heteroatoms. The zero-order valence-corrected chi connectivity index (χ0v) is 22.5. The number of piperidine rings is 1. The molecule has 0 bridgehead atoms. The molecule has 1 aliphatic carbocycles. The Morgan fingerprint density at radius 1 is 1.03 bits per heavy atom. The number of benzene rings is 3. The molecule has 4 aromatic rings. The Morgan fingerprint density at radius 2 is 1.82 bits per heavy atom. The smallest absolute Gasteiger partial charge is 0.0456 e. The Morgan fingerprint density at radius 3 is 2.66 bits per heavy atom. The van der Waals surface area contributed by atoms with Crippen molar-refractivity contribution in [1.82, 2.24) is 15.2 Å². The van der Waals surface area contributed by atoms with Crippen LogP contribution in [0.1, 0.15) is 59.9 Å². The maximum atomic E-state index is 5.93. The van der Waals surface area contributed by atoms with Crippen LogP contribution in [-0.4, -0.2) is 35.6 Å². The summed E-state index contributed by atoms with van der Waals surface area (Å²) < 4.78 is 0. The Balaban J connectivity index is 1.22. The third-order valence-corrected chi connectivity index (χ3v) is 9.32. The van der Waals surface area contributed by atoms with Gasteiger partial charge in [0.15, 0.2) is 0 Å². The summed E-state index contributed by atoms with van der Waals surface area (Å²) in [4.78, 5) is 6.17. The zero-order valence-electron chi connectivity index (χ0n) is 22.5. The molecule has 1 saturated heterocycles. The largest absolute Gasteiger partial charge is 0.380 e. The van der Waals surface area contributed by atoms with E-state index in [1.807, 2.05) is 0 Å². The van der Waals surface area contributed by atoms with Crippen molar-refractivity contribution in [3.63, 3.8) is 0 Å². The number of aromatic nitrogens is 1. The molecule has 2 heterocycles. The Kier molecular flexibility index (Phi) is 6.86. The summed E-state index contributed by atoms with van der Waals surface area (Å²) in [6.45, 7) is 10.6. The Hall–Kier alpha value is -3.34. The molecule has 1 fully saturated rings. The molecule has 38 heavy (non-hydrogen) atoms. The summed E-state index contributed by atoms with van der Waals surface area (Å²) in [6, 6.07) is 26.5. The predicted molar refractivity (Wildman–Crippen MR) is 159 cm³/mol. The van der Waals surface area contributed by atoms with E-state index in [2.05, 4.69) is 108 Å². The van der Waals surface area contributed by atoms with Crippen LogP contribution in [0.15, 0.2) is 85.6 Å². The van der Waals surface area contributed by atoms with Crippen molar-refractivity contribution >= 4 is 16.6 Å². The van der Waals surface area contributed by atoms with Crippen LogP contribution in [0.4, 0.5) is 0 Å². The number of aromatic amines is 1. The molecule has 2 atom stereocenters. The molecule has 1 spiro atoms. The SMILES string of the molecule is C=C(NC(CN1CCC2(CCc3ccccc32)CC1)[C@H](C)c1c[nH]c2ccccc12)c1cccc(CN)c1. The molecule has 0 saturated carbocycles. The standard InChI is InChI=1S/C34H40N4/c1-24(30-22-36-32-13-6-4-11-29(30)32)33(37-25(2)28-10-7-8-26(20-28)21-35)23-38-18-16-34(17-19-38)15-14-27-9-3-5-12-31(27)34/h3-13,20,22,24,33,36-37H,2,14-19,21,23,35H2,1H3/t24-,33?/m1/s1. The first kappa shape index (κ1) is 25.0. The van der Waals surface area contributed by atoms with E-state index in [1.165, 1.54) is 42.1 Å². The second kappa shape index (κ2) is 10.4. The number of nitrogens with zero attached hydrogens (tertiary/aromatic N) is 1. The molecule has 1 aliphatic heterocycles. The van der Waals surface area contributed by atoms with Crippen LogP contribution in [0, 0.1) is 0 Å². The highest BCUT2D eigenvalue weighted by Crippen LogP contribution is 2.46. The summed E-state index contributed by atoms with van der Waals surface area (Å²) in [5.74, 6) is 0.309. The van der Waals surface area contributed by atoms with Gasteiger partial charge in [0.25, 0.3) is 0 Å². The van der Waals surface area contributed by atoms with Crippen molar-refractivity contribution in [2.45, 2.75) is 56.5 Å². The van der Waals surface area contributed by atoms with Crippen molar-refractivity contribution in [3.05, 3.63) is 113 Å². The second-order valence-corrected chi connectivity index (χ2v) is 11.5. The van der Waals surface area contributed by atoms with E-state index in [-0.39, 0.29) is 6.04 Å². The van der Waals surface area contributed by atoms with Gasteiger partial charge in [-0.15, -0.1) is 0 Å². The van der Waals surface area contributed by atoms with E-state index in [0.29, 0.717) is 17.9 Å². The number of nitrogens with two attached hydrogens (primary N) is 1. The van der Waals surface area contributed by atoms with Crippen molar-refractivity contribution in [3.8, 4) is 0 Å². The van der Waals surface area contributed by atoms with Crippen LogP contribution in [0.25, 0.3) is 16.6 Å². The third-order valence-electron chi connectivity index (χ3n) is 9.32. The van der Waals surface area contributed by atoms with Gasteiger partial charge in [-0.05, 0) is 84.1 Å². The Labute approximate surface area is 226 Å². The lowest BCUT2D eigenvalue weighted by molar-refractivity contribution is 0.144. The lowest BCUT2D eigenvalue weighted by Crippen LogP contribution is -2.48. The van der Waals surface area contributed by atoms with Crippen LogP contribution in [-0.2, 0) is 18.4 Å². The number of hydrogen-bond acceptors (Lipinski definition) is 3. The molecule has 1 aromatic heterocycles. The monoisotopic (exact) mass is 504 g/mol. The van der Waals surface area contributed by atoms with Crippen LogP contribution < -0.4 is 11.1 Å². The second-order valence-electron chi connectivity index (χ2n) is 11.5. The summed E-state index contributed by atoms with van der Waals surface area (Å²) in [6.07, 6.45) is 7.24. The first-order valence-electron chi connectivity index (χ1n) is 14.2. The summed E-state index contributed by atoms with van der Waals surface area (Å²) in [7, 11) is 0. The zero-order chi connectivity index (χ0) is 26.1. The molecule has 4 nitrogen and oxygen atoms in total. The highest BCUT2D eigenvalue weighted by atomic mass is 15.2. The molecule has 3 aromatic carbocycles. The van der Waals surface area contributed by atoms with Gasteiger partial charge in [0, 0.05) is 47.8 Å². The maximum Gasteiger partial charge on any atom is 0.0456 e. The number of likely N-dealkylation sites (tertiary alicyclic amines) is 1. The molecule has 1 unspecified atom stereocenters. The normalized spacial score (nSPS) is 18.4. The summed E-state index contributed by atoms with van der Waals surface area (Å²) >= 11 is 0. The van der Waals surface area contributed by atoms with E-state index in [4.69, 9.17) is 5.73 Å². The first-order chi connectivity index (χ1) is 18.6. The fourth-order valence-corrected chi connectivity index (χ4v) is 6.93. The topological polar surface area (TPSA) is 57.1 Å². The van der Waals surface area contributed by atoms with E-state index in [1.54, 1.807) is 11.1 Å². The number of aryl methyl sites for hydroxylation is 1. The number of fused-ring (bicyclic) bond motifs is 3. The summed E-state index contributed by atoms with van der Waals surface area (Å²) in [5.41, 5.74) is 15.3. The van der Waals surface area contributed by atoms with E-state index >= 15 is 0 Å². The summed E-state index contributed by atoms with van der Waals surface area (Å²) in [5, 5.41) is 5.18. The predicted octanol–water partition coefficient (Wildman–Crippen LogP) is 6.34. The molecule has 0 radical (unpaired) electrons. The van der Waals surface area contributed by atoms with Crippen LogP contribution in [0.2, 0.25) is 0 Å². The molecule has 4 N–H and O–H groups in total. The van der Waals surface area contributed by atoms with Crippen molar-refractivity contribution < 1.29 is 0 Å². The fourth-order valence-electron chi connectivity index (χ4n) is 6.93. The number of para-hydroxylation sites is 1. The average Bonchev–Trinajstić information content (AvgIpc) is 3.56. The number of hydrogen-bond donors (Lipinski definition) is 3. The van der Waals surface area contributed by atoms with Crippen LogP contribution >= 0.6 is 0 Å². The highest BCUT2D eigenvalue weighted by molar-refractivity contribution is 5.83. The molecular formula is C34H40N4. The molecule has 6 rings (SSSR count). The number of rotatable bonds is 8. The quantitative estimate of drug-likeness (QED) is 0.262. The fraction of sp³-hybridized carbons (Fsp3) is 0.353. The van der Waals surface area contributed by atoms with Gasteiger partial charge in [-0.1, -0.05) is 74.2 Å². The number of H-pyrrole nitrogens is 1. The van der Waals surface area contributed by atoms with Crippen molar-refractivity contribution in [1.29, 1.82) is 0 Å². The first-order valence-corrected chi connectivity index (χ1v) is 14.2. The number of nitrogens with one attached hydrogen (secondary N) is 2. The highest BCUT2D eigenvalue weighted by Gasteiger charge is 2.41. The van der Waals surface area contributed by atoms with Crippen molar-refractivity contribution in [2.24, 2.45) is 5.73 Å². The van der Waals surface area contributed by atoms with E-state index < -0.39 is 0 Å². The minimum absolute atomic E-state index is 0.230. The Bertz CT molecular complexity index is 1430. The van der Waals surface area contributed by atoms with Gasteiger partial charge in [-0.2, -0.15) is 0 Å². The molecule has 196 valence electrons. The van der Waals surface area contributed by atoms with Gasteiger partial charge in [0.1, 0.15) is 0 Å².